The third-order valence-corrected chi connectivity index (χ3v) is 14.0. The minimum Gasteiger partial charge on any atom is -0.550 e. The van der Waals surface area contributed by atoms with Crippen LogP contribution in [0.25, 0.3) is 0 Å². The zero-order valence-electron chi connectivity index (χ0n) is 22.5. The fourth-order valence-corrected chi connectivity index (χ4v) is 11.8. The zero-order valence-corrected chi connectivity index (χ0v) is 22.5. The number of hydrogen-bond donors (Lipinski definition) is 2. The maximum atomic E-state index is 12.0. The van der Waals surface area contributed by atoms with E-state index in [1.807, 2.05) is 6.92 Å². The number of carboxylic acids is 1. The van der Waals surface area contributed by atoms with Gasteiger partial charge in [0.05, 0.1) is 6.10 Å². The molecule has 0 saturated heterocycles. The lowest BCUT2D eigenvalue weighted by Gasteiger charge is -2.73. The van der Waals surface area contributed by atoms with Crippen LogP contribution in [0.15, 0.2) is 0 Å². The van der Waals surface area contributed by atoms with Crippen LogP contribution in [0.1, 0.15) is 106 Å². The number of aliphatic hydroxyl groups excluding tert-OH is 2. The fourth-order valence-electron chi connectivity index (χ4n) is 11.8. The predicted octanol–water partition coefficient (Wildman–Crippen LogP) is 4.81. The van der Waals surface area contributed by atoms with Crippen LogP contribution in [-0.2, 0) is 4.79 Å². The second-order valence-corrected chi connectivity index (χ2v) is 14.9. The van der Waals surface area contributed by atoms with Crippen molar-refractivity contribution in [1.82, 2.24) is 0 Å². The van der Waals surface area contributed by atoms with Gasteiger partial charge in [-0.1, -0.05) is 41.5 Å². The first kappa shape index (κ1) is 25.1. The van der Waals surface area contributed by atoms with Crippen molar-refractivity contribution in [2.45, 2.75) is 112 Å². The molecule has 5 rings (SSSR count). The Hall–Kier alpha value is -0.610. The summed E-state index contributed by atoms with van der Waals surface area (Å²) in [4.78, 5) is 12.0. The first-order valence-electron chi connectivity index (χ1n) is 14.3. The number of hydrogen-bond acceptors (Lipinski definition) is 4. The Morgan fingerprint density at radius 2 is 1.59 bits per heavy atom. The summed E-state index contributed by atoms with van der Waals surface area (Å²) in [6.07, 6.45) is 10.7. The second-order valence-electron chi connectivity index (χ2n) is 14.9. The highest BCUT2D eigenvalue weighted by molar-refractivity contribution is 5.67. The number of fused-ring (bicyclic) bond motifs is 7. The van der Waals surface area contributed by atoms with Crippen LogP contribution in [-0.4, -0.2) is 28.9 Å². The molecule has 0 spiro atoms. The van der Waals surface area contributed by atoms with E-state index in [9.17, 15) is 20.1 Å². The van der Waals surface area contributed by atoms with Crippen LogP contribution in [0.3, 0.4) is 0 Å². The average Bonchev–Trinajstić information content (AvgIpc) is 3.16. The predicted molar refractivity (Wildman–Crippen MR) is 131 cm³/mol. The molecule has 0 unspecified atom stereocenters. The molecule has 2 N–H and O–H groups in total. The van der Waals surface area contributed by atoms with Crippen LogP contribution in [0.4, 0.5) is 0 Å². The molecule has 0 bridgehead atoms. The van der Waals surface area contributed by atoms with Crippen molar-refractivity contribution in [3.63, 3.8) is 0 Å². The first-order chi connectivity index (χ1) is 15.8. The summed E-state index contributed by atoms with van der Waals surface area (Å²) >= 11 is 0. The van der Waals surface area contributed by atoms with Gasteiger partial charge < -0.3 is 20.1 Å². The van der Waals surface area contributed by atoms with Crippen LogP contribution in [0.5, 0.6) is 0 Å². The number of aliphatic carboxylic acids is 1. The van der Waals surface area contributed by atoms with Gasteiger partial charge in [0.15, 0.2) is 0 Å². The van der Waals surface area contributed by atoms with Crippen molar-refractivity contribution in [3.05, 3.63) is 0 Å². The normalized spacial score (nSPS) is 54.8. The quantitative estimate of drug-likeness (QED) is 0.617. The van der Waals surface area contributed by atoms with E-state index in [1.165, 1.54) is 19.3 Å². The Bertz CT molecular complexity index is 838. The SMILES string of the molecule is C[C@@H](C(=O)[O-])[C@H]1CC[C@@]2(CO)CC[C@]3(C)[C@@H](CC[C@@H]4[C@]5(C)CC[C@H](O)C(C)(C)[C@@H]5CC[C@@]43C)[C@H]12. The molecule has 0 amide bonds. The molecule has 0 aromatic heterocycles. The van der Waals surface area contributed by atoms with E-state index >= 15 is 0 Å². The van der Waals surface area contributed by atoms with Crippen LogP contribution in [0, 0.1) is 62.6 Å². The van der Waals surface area contributed by atoms with Gasteiger partial charge in [0.1, 0.15) is 0 Å². The Balaban J connectivity index is 1.54. The van der Waals surface area contributed by atoms with E-state index in [2.05, 4.69) is 34.6 Å². The number of rotatable bonds is 3. The van der Waals surface area contributed by atoms with E-state index in [0.717, 1.165) is 44.9 Å². The highest BCUT2D eigenvalue weighted by Crippen LogP contribution is 2.77. The standard InChI is InChI=1S/C30H50O4/c1-18(25(33)34)19-9-14-30(17-31)16-15-28(5)20(24(19)30)7-8-22-27(4)12-11-23(32)26(2,3)21(27)10-13-29(22,28)6/h18-24,31-32H,7-17H2,1-6H3,(H,33,34)/p-1/t18-,19-,20+,21+,22-,23+,24+,27-,28-,29+,30+/m1/s1. The van der Waals surface area contributed by atoms with Gasteiger partial charge in [-0.05, 0) is 127 Å². The molecule has 5 aliphatic rings. The van der Waals surface area contributed by atoms with Gasteiger partial charge in [0, 0.05) is 12.6 Å². The summed E-state index contributed by atoms with van der Waals surface area (Å²) in [5.74, 6) is 0.731. The minimum atomic E-state index is -0.915. The third kappa shape index (κ3) is 2.93. The Labute approximate surface area is 207 Å². The smallest absolute Gasteiger partial charge is 0.0594 e. The molecule has 5 aliphatic carbocycles. The van der Waals surface area contributed by atoms with Crippen molar-refractivity contribution in [3.8, 4) is 0 Å². The van der Waals surface area contributed by atoms with E-state index in [-0.39, 0.29) is 51.6 Å². The molecule has 0 heterocycles. The number of aliphatic hydroxyl groups is 2. The minimum absolute atomic E-state index is 0.0365. The summed E-state index contributed by atoms with van der Waals surface area (Å²) < 4.78 is 0. The molecule has 0 radical (unpaired) electrons. The molecule has 4 heteroatoms. The van der Waals surface area contributed by atoms with Crippen molar-refractivity contribution >= 4 is 5.97 Å². The summed E-state index contributed by atoms with van der Waals surface area (Å²) in [5.41, 5.74) is 0.508. The summed E-state index contributed by atoms with van der Waals surface area (Å²) in [6, 6.07) is 0. The number of carbonyl (C=O) groups excluding carboxylic acids is 1. The molecular weight excluding hydrogens is 424 g/mol. The van der Waals surface area contributed by atoms with Gasteiger partial charge in [0.25, 0.3) is 0 Å². The topological polar surface area (TPSA) is 80.6 Å². The lowest BCUT2D eigenvalue weighted by atomic mass is 9.32. The van der Waals surface area contributed by atoms with Crippen LogP contribution in [0.2, 0.25) is 0 Å². The Kier molecular flexibility index (Phi) is 5.67. The van der Waals surface area contributed by atoms with Crippen LogP contribution < -0.4 is 5.11 Å². The maximum absolute atomic E-state index is 12.0. The monoisotopic (exact) mass is 473 g/mol. The lowest BCUT2D eigenvalue weighted by molar-refractivity contribution is -0.314. The highest BCUT2D eigenvalue weighted by atomic mass is 16.4. The fraction of sp³-hybridized carbons (Fsp3) is 0.967. The molecule has 4 nitrogen and oxygen atoms in total. The first-order valence-corrected chi connectivity index (χ1v) is 14.3. The third-order valence-electron chi connectivity index (χ3n) is 14.0. The van der Waals surface area contributed by atoms with Gasteiger partial charge in [-0.3, -0.25) is 0 Å². The molecule has 0 aromatic rings. The van der Waals surface area contributed by atoms with Crippen molar-refractivity contribution in [2.75, 3.05) is 6.61 Å². The Morgan fingerprint density at radius 3 is 2.24 bits per heavy atom. The summed E-state index contributed by atoms with van der Waals surface area (Å²) in [6.45, 7) is 14.3. The van der Waals surface area contributed by atoms with Gasteiger partial charge in [-0.25, -0.2) is 0 Å². The van der Waals surface area contributed by atoms with Crippen molar-refractivity contribution < 1.29 is 20.1 Å². The largest absolute Gasteiger partial charge is 0.550 e. The number of carbonyl (C=O) groups is 1. The van der Waals surface area contributed by atoms with Gasteiger partial charge in [-0.15, -0.1) is 0 Å². The van der Waals surface area contributed by atoms with Crippen molar-refractivity contribution in [2.24, 2.45) is 62.6 Å². The molecule has 0 aliphatic heterocycles. The van der Waals surface area contributed by atoms with Crippen molar-refractivity contribution in [1.29, 1.82) is 0 Å². The molecule has 11 atom stereocenters. The second kappa shape index (κ2) is 7.70. The summed E-state index contributed by atoms with van der Waals surface area (Å²) in [5, 5.41) is 33.5. The van der Waals surface area contributed by atoms with Gasteiger partial charge >= 0.3 is 0 Å². The molecule has 194 valence electrons. The molecule has 34 heavy (non-hydrogen) atoms. The van der Waals surface area contributed by atoms with Gasteiger partial charge in [-0.2, -0.15) is 0 Å². The zero-order chi connectivity index (χ0) is 24.9. The Morgan fingerprint density at radius 1 is 0.882 bits per heavy atom. The average molecular weight is 474 g/mol. The maximum Gasteiger partial charge on any atom is 0.0594 e. The molecular formula is C30H49O4-. The van der Waals surface area contributed by atoms with E-state index in [4.69, 9.17) is 0 Å². The highest BCUT2D eigenvalue weighted by Gasteiger charge is 2.70. The van der Waals surface area contributed by atoms with E-state index in [1.54, 1.807) is 0 Å². The number of carboxylic acid groups (broad SMARTS) is 1. The van der Waals surface area contributed by atoms with E-state index < -0.39 is 11.9 Å². The van der Waals surface area contributed by atoms with E-state index in [0.29, 0.717) is 17.8 Å². The molecule has 5 fully saturated rings. The molecule has 0 aromatic carbocycles. The summed E-state index contributed by atoms with van der Waals surface area (Å²) in [7, 11) is 0. The lowest BCUT2D eigenvalue weighted by Crippen LogP contribution is -2.67. The molecule has 5 saturated carbocycles. The van der Waals surface area contributed by atoms with Gasteiger partial charge in [0.2, 0.25) is 0 Å². The van der Waals surface area contributed by atoms with Crippen LogP contribution >= 0.6 is 0 Å².